The Morgan fingerprint density at radius 1 is 1.85 bits per heavy atom. The summed E-state index contributed by atoms with van der Waals surface area (Å²) in [5.74, 6) is -0.368. The Morgan fingerprint density at radius 2 is 2.62 bits per heavy atom. The Labute approximate surface area is 85.1 Å². The third-order valence-corrected chi connectivity index (χ3v) is 2.19. The molecule has 0 N–H and O–H groups in total. The predicted octanol–water partition coefficient (Wildman–Crippen LogP) is 2.66. The van der Waals surface area contributed by atoms with Gasteiger partial charge in [0.2, 0.25) is 0 Å². The van der Waals surface area contributed by atoms with E-state index in [1.54, 1.807) is 18.4 Å². The van der Waals surface area contributed by atoms with E-state index in [2.05, 4.69) is 22.4 Å². The molecule has 0 fully saturated rings. The van der Waals surface area contributed by atoms with Crippen LogP contribution >= 0.6 is 23.6 Å². The van der Waals surface area contributed by atoms with Crippen molar-refractivity contribution in [3.63, 3.8) is 0 Å². The van der Waals surface area contributed by atoms with Crippen LogP contribution in [0.15, 0.2) is 16.4 Å². The van der Waals surface area contributed by atoms with E-state index in [0.29, 0.717) is 17.2 Å². The number of carbonyl (C=O) groups is 1. The van der Waals surface area contributed by atoms with Crippen LogP contribution in [0.4, 0.5) is 5.00 Å². The van der Waals surface area contributed by atoms with Gasteiger partial charge in [-0.25, -0.2) is 4.79 Å². The van der Waals surface area contributed by atoms with E-state index < -0.39 is 0 Å². The minimum atomic E-state index is -0.368. The van der Waals surface area contributed by atoms with Crippen LogP contribution in [-0.4, -0.2) is 17.7 Å². The summed E-state index contributed by atoms with van der Waals surface area (Å²) in [6.45, 7) is 2.11. The maximum atomic E-state index is 11.3. The van der Waals surface area contributed by atoms with E-state index in [9.17, 15) is 4.79 Å². The summed E-state index contributed by atoms with van der Waals surface area (Å²) in [6, 6.07) is 1.66. The predicted molar refractivity (Wildman–Crippen MR) is 55.0 cm³/mol. The van der Waals surface area contributed by atoms with Crippen LogP contribution in [0, 0.1) is 0 Å². The molecule has 0 aliphatic heterocycles. The molecular formula is C8H7NO2S2. The number of hydrogen-bond donors (Lipinski definition) is 0. The molecule has 1 heterocycles. The molecule has 0 atom stereocenters. The Hall–Kier alpha value is -1.03. The number of thiocarbonyl (C=S) groups is 1. The van der Waals surface area contributed by atoms with Crippen LogP contribution < -0.4 is 0 Å². The van der Waals surface area contributed by atoms with Gasteiger partial charge in [-0.1, -0.05) is 0 Å². The zero-order valence-corrected chi connectivity index (χ0v) is 8.58. The zero-order chi connectivity index (χ0) is 9.68. The summed E-state index contributed by atoms with van der Waals surface area (Å²) in [5, 5.41) is 4.53. The van der Waals surface area contributed by atoms with Crippen molar-refractivity contribution in [1.29, 1.82) is 0 Å². The van der Waals surface area contributed by atoms with Gasteiger partial charge in [-0.3, -0.25) is 0 Å². The fourth-order valence-corrected chi connectivity index (χ4v) is 1.65. The van der Waals surface area contributed by atoms with Crippen LogP contribution in [0.1, 0.15) is 17.3 Å². The fraction of sp³-hybridized carbons (Fsp3) is 0.250. The average Bonchev–Trinajstić information content (AvgIpc) is 2.54. The second-order valence-electron chi connectivity index (χ2n) is 2.06. The highest BCUT2D eigenvalue weighted by molar-refractivity contribution is 7.78. The number of esters is 1. The van der Waals surface area contributed by atoms with Gasteiger partial charge in [0.05, 0.1) is 17.3 Å². The molecular weight excluding hydrogens is 206 g/mol. The SMILES string of the molecule is CCOC(=O)c1ccsc1N=C=S. The molecule has 1 aromatic heterocycles. The lowest BCUT2D eigenvalue weighted by molar-refractivity contribution is 0.0528. The molecule has 0 aliphatic rings. The smallest absolute Gasteiger partial charge is 0.341 e. The highest BCUT2D eigenvalue weighted by Crippen LogP contribution is 2.26. The number of aliphatic imine (C=N–C) groups is 1. The van der Waals surface area contributed by atoms with Crippen LogP contribution in [0.3, 0.4) is 0 Å². The van der Waals surface area contributed by atoms with Gasteiger partial charge in [0.25, 0.3) is 0 Å². The summed E-state index contributed by atoms with van der Waals surface area (Å²) in [4.78, 5) is 15.0. The van der Waals surface area contributed by atoms with E-state index in [0.717, 1.165) is 0 Å². The minimum absolute atomic E-state index is 0.357. The van der Waals surface area contributed by atoms with E-state index in [-0.39, 0.29) is 5.97 Å². The summed E-state index contributed by atoms with van der Waals surface area (Å²) >= 11 is 5.78. The largest absolute Gasteiger partial charge is 0.462 e. The number of isothiocyanates is 1. The number of nitrogens with zero attached hydrogens (tertiary/aromatic N) is 1. The van der Waals surface area contributed by atoms with Crippen molar-refractivity contribution in [3.05, 3.63) is 17.0 Å². The molecule has 0 radical (unpaired) electrons. The second kappa shape index (κ2) is 4.87. The fourth-order valence-electron chi connectivity index (χ4n) is 0.794. The number of hydrogen-bond acceptors (Lipinski definition) is 5. The Morgan fingerprint density at radius 3 is 3.23 bits per heavy atom. The molecule has 0 unspecified atom stereocenters. The van der Waals surface area contributed by atoms with Gasteiger partial charge in [0.15, 0.2) is 0 Å². The highest BCUT2D eigenvalue weighted by Gasteiger charge is 2.12. The van der Waals surface area contributed by atoms with Crippen molar-refractivity contribution in [2.24, 2.45) is 4.99 Å². The Balaban J connectivity index is 2.93. The first-order valence-corrected chi connectivity index (χ1v) is 4.91. The summed E-state index contributed by atoms with van der Waals surface area (Å²) in [6.07, 6.45) is 0. The van der Waals surface area contributed by atoms with Crippen LogP contribution in [0.5, 0.6) is 0 Å². The maximum absolute atomic E-state index is 11.3. The number of carbonyl (C=O) groups excluding carboxylic acids is 1. The highest BCUT2D eigenvalue weighted by atomic mass is 32.1. The third-order valence-electron chi connectivity index (χ3n) is 1.29. The first kappa shape index (κ1) is 10.1. The maximum Gasteiger partial charge on any atom is 0.341 e. The van der Waals surface area contributed by atoms with Crippen molar-refractivity contribution in [3.8, 4) is 0 Å². The van der Waals surface area contributed by atoms with Crippen molar-refractivity contribution >= 4 is 39.7 Å². The molecule has 0 aromatic carbocycles. The topological polar surface area (TPSA) is 38.7 Å². The molecule has 1 rings (SSSR count). The van der Waals surface area contributed by atoms with Crippen LogP contribution in [-0.2, 0) is 4.74 Å². The Kier molecular flexibility index (Phi) is 3.76. The molecule has 0 saturated carbocycles. The van der Waals surface area contributed by atoms with Gasteiger partial charge in [-0.2, -0.15) is 4.99 Å². The van der Waals surface area contributed by atoms with Gasteiger partial charge >= 0.3 is 5.97 Å². The first-order valence-electron chi connectivity index (χ1n) is 3.62. The lowest BCUT2D eigenvalue weighted by Gasteiger charge is -1.98. The number of rotatable bonds is 3. The lowest BCUT2D eigenvalue weighted by Crippen LogP contribution is -2.02. The minimum Gasteiger partial charge on any atom is -0.462 e. The summed E-state index contributed by atoms with van der Waals surface area (Å²) in [7, 11) is 0. The van der Waals surface area contributed by atoms with Gasteiger partial charge in [0, 0.05) is 0 Å². The number of ether oxygens (including phenoxy) is 1. The molecule has 0 aliphatic carbocycles. The lowest BCUT2D eigenvalue weighted by atomic mass is 10.3. The van der Waals surface area contributed by atoms with Crippen LogP contribution in [0.25, 0.3) is 0 Å². The quantitative estimate of drug-likeness (QED) is 0.440. The van der Waals surface area contributed by atoms with Crippen molar-refractivity contribution in [1.82, 2.24) is 0 Å². The monoisotopic (exact) mass is 213 g/mol. The van der Waals surface area contributed by atoms with Gasteiger partial charge < -0.3 is 4.74 Å². The molecule has 0 bridgehead atoms. The molecule has 0 amide bonds. The molecule has 3 nitrogen and oxygen atoms in total. The van der Waals surface area contributed by atoms with Gasteiger partial charge in [0.1, 0.15) is 5.00 Å². The normalized spacial score (nSPS) is 9.00. The standard InChI is InChI=1S/C8H7NO2S2/c1-2-11-8(10)6-3-4-13-7(6)9-5-12/h3-4H,2H2,1H3. The molecule has 68 valence electrons. The average molecular weight is 213 g/mol. The van der Waals surface area contributed by atoms with Crippen molar-refractivity contribution < 1.29 is 9.53 Å². The summed E-state index contributed by atoms with van der Waals surface area (Å²) in [5.41, 5.74) is 0.448. The Bertz CT molecular complexity index is 353. The molecule has 5 heteroatoms. The molecule has 0 saturated heterocycles. The van der Waals surface area contributed by atoms with E-state index >= 15 is 0 Å². The first-order chi connectivity index (χ1) is 6.29. The van der Waals surface area contributed by atoms with Crippen LogP contribution in [0.2, 0.25) is 0 Å². The number of thiophene rings is 1. The van der Waals surface area contributed by atoms with E-state index in [1.165, 1.54) is 11.3 Å². The van der Waals surface area contributed by atoms with Crippen molar-refractivity contribution in [2.45, 2.75) is 6.92 Å². The second-order valence-corrected chi connectivity index (χ2v) is 3.14. The van der Waals surface area contributed by atoms with Crippen molar-refractivity contribution in [2.75, 3.05) is 6.61 Å². The zero-order valence-electron chi connectivity index (χ0n) is 6.94. The third kappa shape index (κ3) is 2.45. The van der Waals surface area contributed by atoms with E-state index in [1.807, 2.05) is 0 Å². The van der Waals surface area contributed by atoms with E-state index in [4.69, 9.17) is 4.74 Å². The van der Waals surface area contributed by atoms with Gasteiger partial charge in [-0.05, 0) is 30.6 Å². The van der Waals surface area contributed by atoms with Gasteiger partial charge in [-0.15, -0.1) is 11.3 Å². The molecule has 13 heavy (non-hydrogen) atoms. The summed E-state index contributed by atoms with van der Waals surface area (Å²) < 4.78 is 4.82. The molecule has 0 spiro atoms. The molecule has 1 aromatic rings.